The first kappa shape index (κ1) is 27.3. The van der Waals surface area contributed by atoms with E-state index in [0.29, 0.717) is 5.56 Å². The van der Waals surface area contributed by atoms with E-state index in [9.17, 15) is 4.79 Å². The molecule has 0 unspecified atom stereocenters. The average Bonchev–Trinajstić information content (AvgIpc) is 3.52. The van der Waals surface area contributed by atoms with Gasteiger partial charge in [-0.1, -0.05) is 36.4 Å². The van der Waals surface area contributed by atoms with Crippen LogP contribution in [0.15, 0.2) is 115 Å². The van der Waals surface area contributed by atoms with E-state index in [4.69, 9.17) is 19.8 Å². The molecule has 0 aliphatic heterocycles. The number of carboxylic acids is 1. The Balaban J connectivity index is 1.41. The van der Waals surface area contributed by atoms with Crippen LogP contribution in [0.5, 0.6) is 11.5 Å². The van der Waals surface area contributed by atoms with E-state index in [0.717, 1.165) is 49.4 Å². The van der Waals surface area contributed by atoms with Gasteiger partial charge in [0.15, 0.2) is 0 Å². The summed E-state index contributed by atoms with van der Waals surface area (Å²) in [6.45, 7) is 0. The fraction of sp³-hybridized carbons (Fsp3) is 0.0588. The largest absolute Gasteiger partial charge is 0.497 e. The number of nitriles is 1. The van der Waals surface area contributed by atoms with Crippen LogP contribution in [0.4, 0.5) is 17.1 Å². The van der Waals surface area contributed by atoms with Crippen molar-refractivity contribution in [2.45, 2.75) is 0 Å². The lowest BCUT2D eigenvalue weighted by Gasteiger charge is -2.26. The molecule has 0 radical (unpaired) electrons. The average molecular weight is 559 g/mol. The van der Waals surface area contributed by atoms with Gasteiger partial charge in [0.05, 0.1) is 14.2 Å². The van der Waals surface area contributed by atoms with Crippen LogP contribution >= 0.6 is 11.3 Å². The molecule has 1 aromatic heterocycles. The van der Waals surface area contributed by atoms with Crippen LogP contribution in [0.25, 0.3) is 27.0 Å². The summed E-state index contributed by atoms with van der Waals surface area (Å²) < 4.78 is 10.7. The molecule has 4 aromatic carbocycles. The number of rotatable bonds is 9. The van der Waals surface area contributed by atoms with Crippen LogP contribution in [0.3, 0.4) is 0 Å². The van der Waals surface area contributed by atoms with E-state index in [1.54, 1.807) is 31.6 Å². The maximum Gasteiger partial charge on any atom is 0.346 e. The number of hydrogen-bond acceptors (Lipinski definition) is 6. The number of aliphatic carboxylic acids is 1. The zero-order chi connectivity index (χ0) is 28.8. The summed E-state index contributed by atoms with van der Waals surface area (Å²) in [5.41, 5.74) is 5.53. The topological polar surface area (TPSA) is 82.8 Å². The lowest BCUT2D eigenvalue weighted by molar-refractivity contribution is -0.132. The number of ether oxygens (including phenoxy) is 2. The fourth-order valence-corrected chi connectivity index (χ4v) is 5.40. The number of hydrogen-bond donors (Lipinski definition) is 1. The summed E-state index contributed by atoms with van der Waals surface area (Å²) in [6.07, 6.45) is 1.37. The molecule has 1 heterocycles. The standard InChI is InChI=1S/C34H26N2O4S/c1-39-30-15-11-28(12-16-30)36(29-13-17-31(40-2)18-14-29)27-9-7-25(8-10-27)33-20-19-32(41-33)24-5-3-23(4-6-24)21-26(22-35)34(37)38/h3-21H,1-2H3,(H,37,38)/b26-21+. The van der Waals surface area contributed by atoms with Crippen molar-refractivity contribution in [1.29, 1.82) is 5.26 Å². The maximum atomic E-state index is 11.1. The molecule has 0 atom stereocenters. The van der Waals surface area contributed by atoms with Crippen molar-refractivity contribution in [2.24, 2.45) is 0 Å². The van der Waals surface area contributed by atoms with E-state index in [-0.39, 0.29) is 5.57 Å². The number of thiophene rings is 1. The quantitative estimate of drug-likeness (QED) is 0.144. The first-order chi connectivity index (χ1) is 20.0. The van der Waals surface area contributed by atoms with E-state index in [1.807, 2.05) is 72.8 Å². The summed E-state index contributed by atoms with van der Waals surface area (Å²) in [5.74, 6) is 0.359. The maximum absolute atomic E-state index is 11.1. The third kappa shape index (κ3) is 6.14. The molecule has 0 aliphatic carbocycles. The van der Waals surface area contributed by atoms with Gasteiger partial charge in [-0.25, -0.2) is 4.79 Å². The molecule has 7 heteroatoms. The molecule has 202 valence electrons. The summed E-state index contributed by atoms with van der Waals surface area (Å²) >= 11 is 1.68. The van der Waals surface area contributed by atoms with Gasteiger partial charge in [0, 0.05) is 26.8 Å². The molecule has 0 saturated carbocycles. The number of methoxy groups -OCH3 is 2. The highest BCUT2D eigenvalue weighted by atomic mass is 32.1. The third-order valence-electron chi connectivity index (χ3n) is 6.53. The predicted molar refractivity (Wildman–Crippen MR) is 164 cm³/mol. The van der Waals surface area contributed by atoms with Crippen molar-refractivity contribution in [2.75, 3.05) is 19.1 Å². The van der Waals surface area contributed by atoms with Crippen molar-refractivity contribution in [1.82, 2.24) is 0 Å². The molecule has 6 nitrogen and oxygen atoms in total. The molecule has 5 rings (SSSR count). The molecule has 5 aromatic rings. The molecular weight excluding hydrogens is 532 g/mol. The van der Waals surface area contributed by atoms with Crippen molar-refractivity contribution in [3.05, 3.63) is 120 Å². The smallest absolute Gasteiger partial charge is 0.346 e. The second kappa shape index (κ2) is 12.2. The number of nitrogens with zero attached hydrogens (tertiary/aromatic N) is 2. The van der Waals surface area contributed by atoms with Gasteiger partial charge in [-0.3, -0.25) is 0 Å². The van der Waals surface area contributed by atoms with Gasteiger partial charge in [-0.15, -0.1) is 11.3 Å². The first-order valence-corrected chi connectivity index (χ1v) is 13.5. The monoisotopic (exact) mass is 558 g/mol. The van der Waals surface area contributed by atoms with Crippen LogP contribution in [-0.2, 0) is 4.79 Å². The highest BCUT2D eigenvalue weighted by Gasteiger charge is 2.14. The van der Waals surface area contributed by atoms with Gasteiger partial charge in [0.2, 0.25) is 0 Å². The lowest BCUT2D eigenvalue weighted by Crippen LogP contribution is -2.09. The van der Waals surface area contributed by atoms with Gasteiger partial charge in [-0.05, 0) is 95.6 Å². The minimum Gasteiger partial charge on any atom is -0.497 e. The van der Waals surface area contributed by atoms with E-state index < -0.39 is 5.97 Å². The van der Waals surface area contributed by atoms with Gasteiger partial charge in [0.1, 0.15) is 23.1 Å². The molecule has 1 N–H and O–H groups in total. The highest BCUT2D eigenvalue weighted by Crippen LogP contribution is 2.39. The van der Waals surface area contributed by atoms with Crippen molar-refractivity contribution in [3.63, 3.8) is 0 Å². The lowest BCUT2D eigenvalue weighted by atomic mass is 10.1. The minimum absolute atomic E-state index is 0.294. The normalized spacial score (nSPS) is 11.0. The Hall–Kier alpha value is -5.32. The van der Waals surface area contributed by atoms with Crippen molar-refractivity contribution < 1.29 is 19.4 Å². The van der Waals surface area contributed by atoms with E-state index >= 15 is 0 Å². The molecule has 0 fully saturated rings. The first-order valence-electron chi connectivity index (χ1n) is 12.7. The molecule has 0 saturated heterocycles. The zero-order valence-electron chi connectivity index (χ0n) is 22.4. The molecule has 0 bridgehead atoms. The van der Waals surface area contributed by atoms with Gasteiger partial charge in [0.25, 0.3) is 0 Å². The molecule has 0 amide bonds. The number of carboxylic acid groups (broad SMARTS) is 1. The van der Waals surface area contributed by atoms with Gasteiger partial charge >= 0.3 is 5.97 Å². The van der Waals surface area contributed by atoms with Crippen LogP contribution in [0.1, 0.15) is 5.56 Å². The van der Waals surface area contributed by atoms with Gasteiger partial charge < -0.3 is 19.5 Å². The summed E-state index contributed by atoms with van der Waals surface area (Å²) in [4.78, 5) is 15.5. The van der Waals surface area contributed by atoms with Gasteiger partial charge in [-0.2, -0.15) is 5.26 Å². The Labute approximate surface area is 242 Å². The Morgan fingerprint density at radius 2 is 1.12 bits per heavy atom. The highest BCUT2D eigenvalue weighted by molar-refractivity contribution is 7.18. The molecular formula is C34H26N2O4S. The number of carbonyl (C=O) groups is 1. The van der Waals surface area contributed by atoms with E-state index in [2.05, 4.69) is 41.3 Å². The Kier molecular flexibility index (Phi) is 8.14. The van der Waals surface area contributed by atoms with Crippen LogP contribution in [0, 0.1) is 11.3 Å². The van der Waals surface area contributed by atoms with E-state index in [1.165, 1.54) is 6.08 Å². The second-order valence-electron chi connectivity index (χ2n) is 9.04. The predicted octanol–water partition coefficient (Wildman–Crippen LogP) is 8.56. The van der Waals surface area contributed by atoms with Crippen molar-refractivity contribution in [3.8, 4) is 38.4 Å². The summed E-state index contributed by atoms with van der Waals surface area (Å²) in [5, 5.41) is 18.1. The minimum atomic E-state index is -1.23. The fourth-order valence-electron chi connectivity index (χ4n) is 4.38. The number of benzene rings is 4. The van der Waals surface area contributed by atoms with Crippen LogP contribution in [-0.4, -0.2) is 25.3 Å². The molecule has 41 heavy (non-hydrogen) atoms. The number of anilines is 3. The summed E-state index contributed by atoms with van der Waals surface area (Å²) in [7, 11) is 3.32. The third-order valence-corrected chi connectivity index (χ3v) is 7.72. The summed E-state index contributed by atoms with van der Waals surface area (Å²) in [6, 6.07) is 37.8. The Bertz CT molecular complexity index is 1670. The SMILES string of the molecule is COc1ccc(N(c2ccc(OC)cc2)c2ccc(-c3ccc(-c4ccc(/C=C(\C#N)C(=O)O)cc4)s3)cc2)cc1. The zero-order valence-corrected chi connectivity index (χ0v) is 23.3. The Morgan fingerprint density at radius 1 is 0.707 bits per heavy atom. The van der Waals surface area contributed by atoms with Crippen LogP contribution in [0.2, 0.25) is 0 Å². The second-order valence-corrected chi connectivity index (χ2v) is 10.1. The molecule has 0 aliphatic rings. The molecule has 0 spiro atoms. The van der Waals surface area contributed by atoms with Crippen molar-refractivity contribution >= 4 is 40.4 Å². The van der Waals surface area contributed by atoms with Crippen LogP contribution < -0.4 is 14.4 Å². The Morgan fingerprint density at radius 3 is 1.51 bits per heavy atom.